The van der Waals surface area contributed by atoms with E-state index in [4.69, 9.17) is 0 Å². The highest BCUT2D eigenvalue weighted by Crippen LogP contribution is 2.33. The predicted molar refractivity (Wildman–Crippen MR) is 94.5 cm³/mol. The van der Waals surface area contributed by atoms with Crippen molar-refractivity contribution in [1.29, 1.82) is 0 Å². The summed E-state index contributed by atoms with van der Waals surface area (Å²) in [4.78, 5) is 24.2. The molecule has 0 N–H and O–H groups in total. The summed E-state index contributed by atoms with van der Waals surface area (Å²) in [6.45, 7) is 6.77. The molecule has 24 heavy (non-hydrogen) atoms. The molecular formula is C20H25N3O. The topological polar surface area (TPSA) is 46.1 Å². The Balaban J connectivity index is 1.90. The Morgan fingerprint density at radius 1 is 1.17 bits per heavy atom. The van der Waals surface area contributed by atoms with Crippen LogP contribution in [0.25, 0.3) is 0 Å². The van der Waals surface area contributed by atoms with Crippen molar-refractivity contribution in [3.63, 3.8) is 0 Å². The number of carbonyl (C=O) groups excluding carboxylic acids is 1. The van der Waals surface area contributed by atoms with E-state index in [1.54, 1.807) is 12.4 Å². The molecule has 126 valence electrons. The zero-order valence-electron chi connectivity index (χ0n) is 14.7. The van der Waals surface area contributed by atoms with E-state index in [9.17, 15) is 4.79 Å². The maximum atomic E-state index is 13.4. The first-order chi connectivity index (χ1) is 11.5. The number of rotatable bonds is 3. The fraction of sp³-hybridized carbons (Fsp3) is 0.450. The van der Waals surface area contributed by atoms with Crippen LogP contribution >= 0.6 is 0 Å². The standard InChI is InChI=1S/C20H25N3O/c1-20(2,3)23(14-16-10-4-5-12-21-16)19(24)17-11-6-8-15-9-7-13-22-18(15)17/h4-5,7,9-10,12-13,17H,6,8,11,14H2,1-3H3/t17-/m0/s1. The number of hydrogen-bond donors (Lipinski definition) is 0. The molecular weight excluding hydrogens is 298 g/mol. The Morgan fingerprint density at radius 2 is 1.96 bits per heavy atom. The molecule has 2 aromatic heterocycles. The second kappa shape index (κ2) is 6.71. The van der Waals surface area contributed by atoms with Gasteiger partial charge in [0.15, 0.2) is 0 Å². The average molecular weight is 323 g/mol. The van der Waals surface area contributed by atoms with Crippen LogP contribution in [0.3, 0.4) is 0 Å². The van der Waals surface area contributed by atoms with Gasteiger partial charge >= 0.3 is 0 Å². The monoisotopic (exact) mass is 323 g/mol. The largest absolute Gasteiger partial charge is 0.331 e. The Labute approximate surface area is 143 Å². The molecule has 0 unspecified atom stereocenters. The lowest BCUT2D eigenvalue weighted by Crippen LogP contribution is -2.47. The molecule has 2 aromatic rings. The normalized spacial score (nSPS) is 17.2. The minimum Gasteiger partial charge on any atom is -0.331 e. The Bertz CT molecular complexity index is 706. The third-order valence-corrected chi connectivity index (χ3v) is 4.62. The SMILES string of the molecule is CC(C)(C)N(Cc1ccccn1)C(=O)[C@H]1CCCc2cccnc21. The molecule has 1 atom stereocenters. The summed E-state index contributed by atoms with van der Waals surface area (Å²) < 4.78 is 0. The van der Waals surface area contributed by atoms with E-state index >= 15 is 0 Å². The van der Waals surface area contributed by atoms with Gasteiger partial charge in [0.05, 0.1) is 23.9 Å². The molecule has 1 amide bonds. The van der Waals surface area contributed by atoms with Crippen LogP contribution in [0.1, 0.15) is 56.5 Å². The lowest BCUT2D eigenvalue weighted by atomic mass is 9.85. The summed E-state index contributed by atoms with van der Waals surface area (Å²) >= 11 is 0. The maximum absolute atomic E-state index is 13.4. The van der Waals surface area contributed by atoms with Gasteiger partial charge < -0.3 is 4.90 Å². The van der Waals surface area contributed by atoms with E-state index in [1.807, 2.05) is 29.2 Å². The van der Waals surface area contributed by atoms with Crippen LogP contribution in [0.2, 0.25) is 0 Å². The first-order valence-corrected chi connectivity index (χ1v) is 8.62. The molecule has 0 aromatic carbocycles. The van der Waals surface area contributed by atoms with Gasteiger partial charge in [-0.05, 0) is 63.8 Å². The van der Waals surface area contributed by atoms with Gasteiger partial charge in [0, 0.05) is 17.9 Å². The number of aryl methyl sites for hydroxylation is 1. The Morgan fingerprint density at radius 3 is 2.67 bits per heavy atom. The summed E-state index contributed by atoms with van der Waals surface area (Å²) in [5.41, 5.74) is 2.83. The molecule has 0 spiro atoms. The molecule has 0 bridgehead atoms. The lowest BCUT2D eigenvalue weighted by Gasteiger charge is -2.39. The van der Waals surface area contributed by atoms with Crippen LogP contribution in [0.5, 0.6) is 0 Å². The predicted octanol–water partition coefficient (Wildman–Crippen LogP) is 3.72. The van der Waals surface area contributed by atoms with Crippen LogP contribution in [0.15, 0.2) is 42.7 Å². The van der Waals surface area contributed by atoms with Crippen LogP contribution in [0, 0.1) is 0 Å². The van der Waals surface area contributed by atoms with Crippen molar-refractivity contribution in [3.05, 3.63) is 59.7 Å². The molecule has 0 saturated heterocycles. The van der Waals surface area contributed by atoms with Crippen LogP contribution in [-0.4, -0.2) is 26.3 Å². The Kier molecular flexibility index (Phi) is 4.65. The molecule has 1 aliphatic carbocycles. The summed E-state index contributed by atoms with van der Waals surface area (Å²) in [5, 5.41) is 0. The molecule has 3 rings (SSSR count). The van der Waals surface area contributed by atoms with Gasteiger partial charge in [0.25, 0.3) is 0 Å². The minimum atomic E-state index is -0.263. The average Bonchev–Trinajstić information content (AvgIpc) is 2.58. The van der Waals surface area contributed by atoms with Crippen molar-refractivity contribution in [2.45, 2.75) is 58.0 Å². The van der Waals surface area contributed by atoms with Crippen LogP contribution in [0.4, 0.5) is 0 Å². The van der Waals surface area contributed by atoms with Crippen molar-refractivity contribution in [2.75, 3.05) is 0 Å². The molecule has 4 nitrogen and oxygen atoms in total. The van der Waals surface area contributed by atoms with E-state index in [0.29, 0.717) is 6.54 Å². The van der Waals surface area contributed by atoms with Gasteiger partial charge in [-0.3, -0.25) is 14.8 Å². The van der Waals surface area contributed by atoms with Crippen molar-refractivity contribution in [3.8, 4) is 0 Å². The zero-order valence-corrected chi connectivity index (χ0v) is 14.7. The molecule has 0 radical (unpaired) electrons. The molecule has 0 saturated carbocycles. The highest BCUT2D eigenvalue weighted by molar-refractivity contribution is 5.84. The zero-order chi connectivity index (χ0) is 17.2. The van der Waals surface area contributed by atoms with Crippen molar-refractivity contribution in [2.24, 2.45) is 0 Å². The third kappa shape index (κ3) is 3.48. The van der Waals surface area contributed by atoms with Crippen molar-refractivity contribution in [1.82, 2.24) is 14.9 Å². The van der Waals surface area contributed by atoms with E-state index < -0.39 is 0 Å². The number of amides is 1. The maximum Gasteiger partial charge on any atom is 0.232 e. The highest BCUT2D eigenvalue weighted by Gasteiger charge is 2.35. The second-order valence-corrected chi connectivity index (χ2v) is 7.41. The first kappa shape index (κ1) is 16.6. The molecule has 0 fully saturated rings. The lowest BCUT2D eigenvalue weighted by molar-refractivity contribution is -0.139. The van der Waals surface area contributed by atoms with Gasteiger partial charge in [-0.15, -0.1) is 0 Å². The molecule has 1 aliphatic rings. The van der Waals surface area contributed by atoms with Gasteiger partial charge in [-0.2, -0.15) is 0 Å². The summed E-state index contributed by atoms with van der Waals surface area (Å²) in [5.74, 6) is 0.0192. The quantitative estimate of drug-likeness (QED) is 0.865. The van der Waals surface area contributed by atoms with E-state index in [0.717, 1.165) is 30.7 Å². The van der Waals surface area contributed by atoms with E-state index in [1.165, 1.54) is 5.56 Å². The van der Waals surface area contributed by atoms with Gasteiger partial charge in [-0.25, -0.2) is 0 Å². The Hall–Kier alpha value is -2.23. The second-order valence-electron chi connectivity index (χ2n) is 7.41. The summed E-state index contributed by atoms with van der Waals surface area (Å²) in [6, 6.07) is 9.89. The summed E-state index contributed by atoms with van der Waals surface area (Å²) in [6.07, 6.45) is 6.50. The highest BCUT2D eigenvalue weighted by atomic mass is 16.2. The van der Waals surface area contributed by atoms with Gasteiger partial charge in [-0.1, -0.05) is 12.1 Å². The molecule has 2 heterocycles. The number of nitrogens with zero attached hydrogens (tertiary/aromatic N) is 3. The third-order valence-electron chi connectivity index (χ3n) is 4.62. The van der Waals surface area contributed by atoms with Gasteiger partial charge in [0.1, 0.15) is 0 Å². The fourth-order valence-corrected chi connectivity index (χ4v) is 3.34. The van der Waals surface area contributed by atoms with Crippen molar-refractivity contribution < 1.29 is 4.79 Å². The number of pyridine rings is 2. The van der Waals surface area contributed by atoms with Crippen LogP contribution in [-0.2, 0) is 17.8 Å². The number of carbonyl (C=O) groups is 1. The van der Waals surface area contributed by atoms with E-state index in [-0.39, 0.29) is 17.4 Å². The van der Waals surface area contributed by atoms with E-state index in [2.05, 4.69) is 36.8 Å². The smallest absolute Gasteiger partial charge is 0.232 e. The first-order valence-electron chi connectivity index (χ1n) is 8.62. The van der Waals surface area contributed by atoms with Crippen LogP contribution < -0.4 is 0 Å². The number of aromatic nitrogens is 2. The minimum absolute atomic E-state index is 0.141. The van der Waals surface area contributed by atoms with Gasteiger partial charge in [0.2, 0.25) is 5.91 Å². The summed E-state index contributed by atoms with van der Waals surface area (Å²) in [7, 11) is 0. The molecule has 4 heteroatoms. The fourth-order valence-electron chi connectivity index (χ4n) is 3.34. The number of fused-ring (bicyclic) bond motifs is 1. The van der Waals surface area contributed by atoms with Crippen molar-refractivity contribution >= 4 is 5.91 Å². The number of hydrogen-bond acceptors (Lipinski definition) is 3. The molecule has 0 aliphatic heterocycles.